The first-order valence-corrected chi connectivity index (χ1v) is 31.3. The van der Waals surface area contributed by atoms with Gasteiger partial charge in [-0.05, 0) is 98.3 Å². The normalized spacial score (nSPS) is 16.8. The van der Waals surface area contributed by atoms with Crippen molar-refractivity contribution >= 4 is 71.2 Å². The number of likely N-dealkylation sites (tertiary alicyclic amines) is 1. The monoisotopic (exact) mass is 1250 g/mol. The van der Waals surface area contributed by atoms with Gasteiger partial charge < -0.3 is 61.0 Å². The summed E-state index contributed by atoms with van der Waals surface area (Å²) in [6.45, 7) is 27.9. The van der Waals surface area contributed by atoms with Gasteiger partial charge in [0.25, 0.3) is 0 Å². The molecule has 3 aromatic rings. The van der Waals surface area contributed by atoms with Crippen LogP contribution in [0.4, 0.5) is 16.4 Å². The molecule has 0 spiro atoms. The van der Waals surface area contributed by atoms with Crippen LogP contribution in [0.1, 0.15) is 143 Å². The van der Waals surface area contributed by atoms with Crippen LogP contribution in [0.3, 0.4) is 0 Å². The maximum absolute atomic E-state index is 14.8. The number of anilines is 2. The van der Waals surface area contributed by atoms with Gasteiger partial charge in [0, 0.05) is 53.5 Å². The summed E-state index contributed by atoms with van der Waals surface area (Å²) >= 11 is 0. The van der Waals surface area contributed by atoms with Crippen molar-refractivity contribution in [3.63, 3.8) is 0 Å². The summed E-state index contributed by atoms with van der Waals surface area (Å²) in [4.78, 5) is 124. The maximum atomic E-state index is 14.8. The molecule has 2 heterocycles. The Morgan fingerprint density at radius 2 is 1.37 bits per heavy atom. The molecule has 23 heteroatoms. The summed E-state index contributed by atoms with van der Waals surface area (Å²) in [7, 11) is 6.13. The molecule has 496 valence electrons. The highest BCUT2D eigenvalue weighted by atomic mass is 16.6. The molecule has 0 saturated carbocycles. The van der Waals surface area contributed by atoms with E-state index in [-0.39, 0.29) is 49.0 Å². The van der Waals surface area contributed by atoms with Gasteiger partial charge >= 0.3 is 6.09 Å². The number of hydrogen-bond donors (Lipinski definition) is 7. The van der Waals surface area contributed by atoms with E-state index in [0.717, 1.165) is 0 Å². The number of benzene rings is 2. The highest BCUT2D eigenvalue weighted by Crippen LogP contribution is 2.31. The minimum atomic E-state index is -1.05. The second-order valence-corrected chi connectivity index (χ2v) is 24.5. The van der Waals surface area contributed by atoms with E-state index in [2.05, 4.69) is 55.0 Å². The molecule has 0 bridgehead atoms. The zero-order valence-corrected chi connectivity index (χ0v) is 55.5. The number of nitrogens with one attached hydrogen (secondary N) is 6. The van der Waals surface area contributed by atoms with E-state index in [1.807, 2.05) is 45.9 Å². The lowest BCUT2D eigenvalue weighted by atomic mass is 9.89. The zero-order valence-electron chi connectivity index (χ0n) is 55.5. The predicted molar refractivity (Wildman–Crippen MR) is 348 cm³/mol. The van der Waals surface area contributed by atoms with Gasteiger partial charge in [0.1, 0.15) is 30.8 Å². The van der Waals surface area contributed by atoms with Gasteiger partial charge in [0.15, 0.2) is 0 Å². The van der Waals surface area contributed by atoms with Gasteiger partial charge in [0.2, 0.25) is 47.3 Å². The standard InChI is InChI=1S/C67H101N11O12/c1-18-42(10)58(52(88-16)37-54(80)78-35-25-28-51(78)60(89-17)43(11)61(82)69-44(12)59(81)47-26-22-21-23-27-47)76(14)65(86)56(40(6)7)75-64(85)57(41(8)9)77(15)67(87)90-38-46-30-32-50(33-31-46)71-62(83)45(13)70-63(84)55(39(4)5)74-53(79)29-24-34-68-66-72-48(19-2)36-49(20-3)73-66/h19-23,26-27,30-33,36,39-45,51-52,55-60,81H,2-3,18,24-25,28-29,34-35,37-38H2,1,4-17H3,(H,69,82)(H,70,84)(H,71,83)(H,74,79)(H,75,85)(H,68,72,73)/t42-,43+,44+,45-,51-,52+,55-,56-,57-,58-,59+,60+/m0/s1. The number of hydrogen-bond acceptors (Lipinski definition) is 15. The number of likely N-dealkylation sites (N-methyl/N-ethyl adjacent to an activating group) is 2. The summed E-state index contributed by atoms with van der Waals surface area (Å²) in [6, 6.07) is 11.8. The number of ether oxygens (including phenoxy) is 3. The molecule has 0 unspecified atom stereocenters. The Kier molecular flexibility index (Phi) is 30.0. The molecule has 1 aromatic heterocycles. The Bertz CT molecular complexity index is 2850. The zero-order chi connectivity index (χ0) is 67.1. The Hall–Kier alpha value is -7.76. The molecule has 12 atom stereocenters. The Labute approximate surface area is 532 Å². The Morgan fingerprint density at radius 3 is 1.92 bits per heavy atom. The molecule has 0 aliphatic carbocycles. The molecule has 8 amide bonds. The molecule has 1 aliphatic heterocycles. The van der Waals surface area contributed by atoms with Crippen molar-refractivity contribution in [2.75, 3.05) is 52.0 Å². The average molecular weight is 1250 g/mol. The third kappa shape index (κ3) is 21.2. The number of aliphatic hydroxyl groups is 1. The number of rotatable bonds is 35. The molecule has 2 aromatic carbocycles. The van der Waals surface area contributed by atoms with Crippen molar-refractivity contribution in [1.82, 2.24) is 45.9 Å². The first kappa shape index (κ1) is 74.7. The van der Waals surface area contributed by atoms with Gasteiger partial charge in [-0.2, -0.15) is 0 Å². The van der Waals surface area contributed by atoms with Crippen LogP contribution in [0, 0.1) is 29.6 Å². The van der Waals surface area contributed by atoms with E-state index >= 15 is 0 Å². The number of aliphatic hydroxyl groups excluding tert-OH is 1. The molecule has 1 saturated heterocycles. The maximum Gasteiger partial charge on any atom is 0.410 e. The molecular weight excluding hydrogens is 1150 g/mol. The molecule has 1 aliphatic rings. The fraction of sp³-hybridized carbons (Fsp3) is 0.582. The van der Waals surface area contributed by atoms with Crippen LogP contribution >= 0.6 is 0 Å². The number of methoxy groups -OCH3 is 2. The highest BCUT2D eigenvalue weighted by molar-refractivity contribution is 5.98. The number of carbonyl (C=O) groups is 8. The van der Waals surface area contributed by atoms with E-state index in [9.17, 15) is 43.5 Å². The van der Waals surface area contributed by atoms with Crippen LogP contribution in [0.2, 0.25) is 0 Å². The van der Waals surface area contributed by atoms with Crippen molar-refractivity contribution in [3.05, 3.63) is 96.3 Å². The summed E-state index contributed by atoms with van der Waals surface area (Å²) in [5, 5.41) is 28.2. The second-order valence-electron chi connectivity index (χ2n) is 24.5. The van der Waals surface area contributed by atoms with E-state index in [1.165, 1.54) is 33.1 Å². The lowest BCUT2D eigenvalue weighted by Gasteiger charge is -2.41. The molecular formula is C67H101N11O12. The first-order chi connectivity index (χ1) is 42.6. The largest absolute Gasteiger partial charge is 0.445 e. The van der Waals surface area contributed by atoms with Crippen molar-refractivity contribution in [2.24, 2.45) is 29.6 Å². The van der Waals surface area contributed by atoms with Gasteiger partial charge in [0.05, 0.1) is 60.2 Å². The third-order valence-electron chi connectivity index (χ3n) is 16.7. The number of amides is 8. The van der Waals surface area contributed by atoms with Crippen molar-refractivity contribution in [2.45, 2.75) is 182 Å². The Morgan fingerprint density at radius 1 is 0.744 bits per heavy atom. The van der Waals surface area contributed by atoms with Gasteiger partial charge in [-0.3, -0.25) is 38.5 Å². The molecule has 90 heavy (non-hydrogen) atoms. The minimum Gasteiger partial charge on any atom is -0.445 e. The summed E-state index contributed by atoms with van der Waals surface area (Å²) in [5.41, 5.74) is 2.92. The molecule has 7 N–H and O–H groups in total. The van der Waals surface area contributed by atoms with Crippen LogP contribution in [0.15, 0.2) is 73.8 Å². The van der Waals surface area contributed by atoms with Crippen LogP contribution in [-0.4, -0.2) is 173 Å². The van der Waals surface area contributed by atoms with Crippen molar-refractivity contribution in [3.8, 4) is 0 Å². The molecule has 0 radical (unpaired) electrons. The lowest BCUT2D eigenvalue weighted by Crippen LogP contribution is -2.60. The van der Waals surface area contributed by atoms with E-state index in [1.54, 1.807) is 113 Å². The summed E-state index contributed by atoms with van der Waals surface area (Å²) in [6.07, 6.45) is 2.47. The van der Waals surface area contributed by atoms with Crippen LogP contribution < -0.4 is 31.9 Å². The highest BCUT2D eigenvalue weighted by Gasteiger charge is 2.44. The average Bonchev–Trinajstić information content (AvgIpc) is 1.58. The van der Waals surface area contributed by atoms with Gasteiger partial charge in [-0.15, -0.1) is 0 Å². The number of nitrogens with zero attached hydrogens (tertiary/aromatic N) is 5. The lowest BCUT2D eigenvalue weighted by molar-refractivity contribution is -0.148. The first-order valence-electron chi connectivity index (χ1n) is 31.3. The quantitative estimate of drug-likeness (QED) is 0.0288. The van der Waals surface area contributed by atoms with Gasteiger partial charge in [-0.25, -0.2) is 14.8 Å². The molecule has 1 fully saturated rings. The van der Waals surface area contributed by atoms with Gasteiger partial charge in [-0.1, -0.05) is 124 Å². The fourth-order valence-electron chi connectivity index (χ4n) is 11.2. The van der Waals surface area contributed by atoms with E-state index < -0.39 is 108 Å². The smallest absolute Gasteiger partial charge is 0.410 e. The summed E-state index contributed by atoms with van der Waals surface area (Å²) in [5.74, 6) is -4.43. The fourth-order valence-corrected chi connectivity index (χ4v) is 11.2. The van der Waals surface area contributed by atoms with E-state index in [0.29, 0.717) is 72.9 Å². The number of aromatic nitrogens is 2. The topological polar surface area (TPSA) is 292 Å². The minimum absolute atomic E-state index is 0.0766. The molecule has 23 nitrogen and oxygen atoms in total. The third-order valence-corrected chi connectivity index (χ3v) is 16.7. The Balaban J connectivity index is 1.32. The van der Waals surface area contributed by atoms with E-state index in [4.69, 9.17) is 14.2 Å². The molecule has 4 rings (SSSR count). The SMILES string of the molecule is C=Cc1cc(C=C)nc(NCCCC(=O)N[C@H](C(=O)N[C@@H](C)C(=O)Nc2ccc(COC(=O)N(C)[C@H](C(=O)N[C@H](C(=O)N(C)[C@@H]([C@@H](C)CC)[C@@H](CC(=O)N3CCC[C@H]3[C@H](OC)[C@@H](C)C(=O)N[C@H](C)[C@@H](O)c3ccccc3)OC)C(C)C)C(C)C)cc2)C(C)C)n1. The van der Waals surface area contributed by atoms with Crippen LogP contribution in [-0.2, 0) is 54.4 Å². The van der Waals surface area contributed by atoms with Crippen LogP contribution in [0.25, 0.3) is 12.2 Å². The van der Waals surface area contributed by atoms with Crippen molar-refractivity contribution in [1.29, 1.82) is 0 Å². The predicted octanol–water partition coefficient (Wildman–Crippen LogP) is 7.13. The van der Waals surface area contributed by atoms with Crippen LogP contribution in [0.5, 0.6) is 0 Å². The summed E-state index contributed by atoms with van der Waals surface area (Å²) < 4.78 is 17.7. The second kappa shape index (κ2) is 36.2. The van der Waals surface area contributed by atoms with Crippen molar-refractivity contribution < 1.29 is 57.7 Å². The number of carbonyl (C=O) groups excluding carboxylic acids is 8.